The Hall–Kier alpha value is -2.10. The molecule has 4 heteroatoms. The van der Waals surface area contributed by atoms with Crippen molar-refractivity contribution in [2.75, 3.05) is 11.9 Å². The summed E-state index contributed by atoms with van der Waals surface area (Å²) >= 11 is 0. The second kappa shape index (κ2) is 4.64. The zero-order chi connectivity index (χ0) is 12.4. The maximum atomic E-state index is 11.1. The molecule has 2 heterocycles. The highest BCUT2D eigenvalue weighted by Gasteiger charge is 2.17. The number of piperidine rings is 1. The minimum absolute atomic E-state index is 0.138. The van der Waals surface area contributed by atoms with Gasteiger partial charge in [-0.15, -0.1) is 0 Å². The van der Waals surface area contributed by atoms with Crippen LogP contribution in [0.25, 0.3) is 10.9 Å². The predicted molar refractivity (Wildman–Crippen MR) is 71.4 cm³/mol. The molecule has 18 heavy (non-hydrogen) atoms. The number of hydrogen-bond donors (Lipinski definition) is 2. The molecule has 1 aliphatic heterocycles. The SMILES string of the molecule is O=C1CCC(Nc2ccc3ccccc3n2)CN1. The highest BCUT2D eigenvalue weighted by molar-refractivity contribution is 5.80. The maximum Gasteiger partial charge on any atom is 0.220 e. The van der Waals surface area contributed by atoms with Crippen LogP contribution in [0.3, 0.4) is 0 Å². The smallest absolute Gasteiger partial charge is 0.220 e. The molecule has 2 N–H and O–H groups in total. The van der Waals surface area contributed by atoms with Crippen LogP contribution < -0.4 is 10.6 Å². The number of carbonyl (C=O) groups is 1. The average molecular weight is 241 g/mol. The zero-order valence-electron chi connectivity index (χ0n) is 10.0. The van der Waals surface area contributed by atoms with Crippen LogP contribution in [0.5, 0.6) is 0 Å². The third kappa shape index (κ3) is 2.27. The van der Waals surface area contributed by atoms with E-state index in [1.807, 2.05) is 30.3 Å². The van der Waals surface area contributed by atoms with Gasteiger partial charge in [-0.2, -0.15) is 0 Å². The number of pyridine rings is 1. The van der Waals surface area contributed by atoms with E-state index in [4.69, 9.17) is 0 Å². The monoisotopic (exact) mass is 241 g/mol. The molecule has 92 valence electrons. The molecule has 0 aliphatic carbocycles. The van der Waals surface area contributed by atoms with E-state index in [2.05, 4.69) is 21.7 Å². The summed E-state index contributed by atoms with van der Waals surface area (Å²) in [6.45, 7) is 0.674. The molecule has 2 aromatic rings. The number of fused-ring (bicyclic) bond motifs is 1. The van der Waals surface area contributed by atoms with Gasteiger partial charge in [0.1, 0.15) is 5.82 Å². The summed E-state index contributed by atoms with van der Waals surface area (Å²) in [4.78, 5) is 15.6. The molecule has 0 radical (unpaired) electrons. The van der Waals surface area contributed by atoms with E-state index in [-0.39, 0.29) is 11.9 Å². The van der Waals surface area contributed by atoms with E-state index in [9.17, 15) is 4.79 Å². The number of aromatic nitrogens is 1. The fourth-order valence-electron chi connectivity index (χ4n) is 2.21. The van der Waals surface area contributed by atoms with Gasteiger partial charge in [0.25, 0.3) is 0 Å². The van der Waals surface area contributed by atoms with Crippen LogP contribution in [-0.4, -0.2) is 23.5 Å². The van der Waals surface area contributed by atoms with Gasteiger partial charge in [0.05, 0.1) is 5.52 Å². The van der Waals surface area contributed by atoms with Crippen molar-refractivity contribution in [2.24, 2.45) is 0 Å². The Balaban J connectivity index is 1.76. The minimum Gasteiger partial charge on any atom is -0.366 e. The second-order valence-electron chi connectivity index (χ2n) is 4.57. The van der Waals surface area contributed by atoms with Crippen LogP contribution >= 0.6 is 0 Å². The molecule has 1 atom stereocenters. The van der Waals surface area contributed by atoms with Crippen molar-refractivity contribution in [1.82, 2.24) is 10.3 Å². The fraction of sp³-hybridized carbons (Fsp3) is 0.286. The number of nitrogens with one attached hydrogen (secondary N) is 2. The first kappa shape index (κ1) is 11.0. The lowest BCUT2D eigenvalue weighted by atomic mass is 10.1. The number of rotatable bonds is 2. The van der Waals surface area contributed by atoms with Gasteiger partial charge in [0.2, 0.25) is 5.91 Å². The summed E-state index contributed by atoms with van der Waals surface area (Å²) in [6.07, 6.45) is 1.45. The Bertz CT molecular complexity index is 572. The first-order chi connectivity index (χ1) is 8.81. The topological polar surface area (TPSA) is 54.0 Å². The maximum absolute atomic E-state index is 11.1. The Morgan fingerprint density at radius 2 is 2.11 bits per heavy atom. The van der Waals surface area contributed by atoms with Crippen LogP contribution in [0, 0.1) is 0 Å². The molecule has 1 amide bonds. The lowest BCUT2D eigenvalue weighted by Crippen LogP contribution is -2.42. The van der Waals surface area contributed by atoms with Crippen LogP contribution in [0.4, 0.5) is 5.82 Å². The first-order valence-electron chi connectivity index (χ1n) is 6.20. The molecular formula is C14H15N3O. The van der Waals surface area contributed by atoms with Gasteiger partial charge in [-0.05, 0) is 24.6 Å². The largest absolute Gasteiger partial charge is 0.366 e. The third-order valence-corrected chi connectivity index (χ3v) is 3.22. The molecule has 1 aromatic heterocycles. The summed E-state index contributed by atoms with van der Waals surface area (Å²) in [5.41, 5.74) is 0.988. The summed E-state index contributed by atoms with van der Waals surface area (Å²) < 4.78 is 0. The fourth-order valence-corrected chi connectivity index (χ4v) is 2.21. The summed E-state index contributed by atoms with van der Waals surface area (Å²) in [6, 6.07) is 12.4. The van der Waals surface area contributed by atoms with Crippen molar-refractivity contribution in [2.45, 2.75) is 18.9 Å². The van der Waals surface area contributed by atoms with Crippen molar-refractivity contribution >= 4 is 22.6 Å². The van der Waals surface area contributed by atoms with E-state index in [1.54, 1.807) is 0 Å². The van der Waals surface area contributed by atoms with Crippen LogP contribution in [0.2, 0.25) is 0 Å². The summed E-state index contributed by atoms with van der Waals surface area (Å²) in [5.74, 6) is 1.01. The average Bonchev–Trinajstić information content (AvgIpc) is 2.41. The van der Waals surface area contributed by atoms with Crippen LogP contribution in [-0.2, 0) is 4.79 Å². The van der Waals surface area contributed by atoms with E-state index in [0.29, 0.717) is 13.0 Å². The zero-order valence-corrected chi connectivity index (χ0v) is 10.0. The lowest BCUT2D eigenvalue weighted by molar-refractivity contribution is -0.122. The minimum atomic E-state index is 0.138. The van der Waals surface area contributed by atoms with Gasteiger partial charge in [-0.25, -0.2) is 4.98 Å². The van der Waals surface area contributed by atoms with Crippen molar-refractivity contribution in [1.29, 1.82) is 0 Å². The number of para-hydroxylation sites is 1. The van der Waals surface area contributed by atoms with Crippen molar-refractivity contribution < 1.29 is 4.79 Å². The van der Waals surface area contributed by atoms with Gasteiger partial charge in [-0.1, -0.05) is 18.2 Å². The van der Waals surface area contributed by atoms with Gasteiger partial charge in [-0.3, -0.25) is 4.79 Å². The van der Waals surface area contributed by atoms with Crippen LogP contribution in [0.1, 0.15) is 12.8 Å². The van der Waals surface area contributed by atoms with Crippen LogP contribution in [0.15, 0.2) is 36.4 Å². The molecule has 1 fully saturated rings. The van der Waals surface area contributed by atoms with E-state index in [0.717, 1.165) is 23.1 Å². The predicted octanol–water partition coefficient (Wildman–Crippen LogP) is 1.93. The van der Waals surface area contributed by atoms with Gasteiger partial charge in [0.15, 0.2) is 0 Å². The summed E-state index contributed by atoms with van der Waals surface area (Å²) in [5, 5.41) is 7.37. The molecule has 0 bridgehead atoms. The number of hydrogen-bond acceptors (Lipinski definition) is 3. The highest BCUT2D eigenvalue weighted by Crippen LogP contribution is 2.16. The van der Waals surface area contributed by atoms with E-state index >= 15 is 0 Å². The van der Waals surface area contributed by atoms with Gasteiger partial charge in [0, 0.05) is 24.4 Å². The molecule has 1 saturated heterocycles. The Kier molecular flexibility index (Phi) is 2.84. The molecule has 1 unspecified atom stereocenters. The van der Waals surface area contributed by atoms with Crippen molar-refractivity contribution in [3.05, 3.63) is 36.4 Å². The normalized spacial score (nSPS) is 19.6. The summed E-state index contributed by atoms with van der Waals surface area (Å²) in [7, 11) is 0. The molecule has 4 nitrogen and oxygen atoms in total. The molecule has 3 rings (SSSR count). The van der Waals surface area contributed by atoms with Gasteiger partial charge < -0.3 is 10.6 Å². The quantitative estimate of drug-likeness (QED) is 0.844. The Labute approximate surface area is 105 Å². The lowest BCUT2D eigenvalue weighted by Gasteiger charge is -2.23. The number of carbonyl (C=O) groups excluding carboxylic acids is 1. The number of benzene rings is 1. The molecule has 0 spiro atoms. The standard InChI is InChI=1S/C14H15N3O/c18-14-8-6-11(9-15-14)16-13-7-5-10-3-1-2-4-12(10)17-13/h1-5,7,11H,6,8-9H2,(H,15,18)(H,16,17). The van der Waals surface area contributed by atoms with E-state index in [1.165, 1.54) is 0 Å². The Morgan fingerprint density at radius 1 is 1.22 bits per heavy atom. The van der Waals surface area contributed by atoms with E-state index < -0.39 is 0 Å². The molecular weight excluding hydrogens is 226 g/mol. The van der Waals surface area contributed by atoms with Crippen molar-refractivity contribution in [3.8, 4) is 0 Å². The number of anilines is 1. The number of nitrogens with zero attached hydrogens (tertiary/aromatic N) is 1. The molecule has 1 aliphatic rings. The second-order valence-corrected chi connectivity index (χ2v) is 4.57. The Morgan fingerprint density at radius 3 is 2.94 bits per heavy atom. The number of amides is 1. The third-order valence-electron chi connectivity index (χ3n) is 3.22. The first-order valence-corrected chi connectivity index (χ1v) is 6.20. The molecule has 1 aromatic carbocycles. The van der Waals surface area contributed by atoms with Crippen molar-refractivity contribution in [3.63, 3.8) is 0 Å². The molecule has 0 saturated carbocycles. The van der Waals surface area contributed by atoms with Gasteiger partial charge >= 0.3 is 0 Å². The highest BCUT2D eigenvalue weighted by atomic mass is 16.1.